The lowest BCUT2D eigenvalue weighted by molar-refractivity contribution is 0.0955. The van der Waals surface area contributed by atoms with Crippen molar-refractivity contribution in [1.82, 2.24) is 9.55 Å². The van der Waals surface area contributed by atoms with Gasteiger partial charge in [-0.2, -0.15) is 0 Å². The van der Waals surface area contributed by atoms with Crippen LogP contribution in [0.4, 0.5) is 0 Å². The number of hydrogen-bond donors (Lipinski definition) is 0. The number of thioether (sulfide) groups is 1. The van der Waals surface area contributed by atoms with Gasteiger partial charge in [0, 0.05) is 22.2 Å². The van der Waals surface area contributed by atoms with Gasteiger partial charge >= 0.3 is 0 Å². The van der Waals surface area contributed by atoms with Crippen molar-refractivity contribution in [2.45, 2.75) is 19.0 Å². The second-order valence-electron chi connectivity index (χ2n) is 5.40. The smallest absolute Gasteiger partial charge is 0.264 e. The number of halogens is 1. The number of ether oxygens (including phenoxy) is 2. The molecule has 0 aliphatic heterocycles. The van der Waals surface area contributed by atoms with E-state index in [1.165, 1.54) is 11.8 Å². The van der Waals surface area contributed by atoms with Gasteiger partial charge in [0.15, 0.2) is 16.7 Å². The number of benzene rings is 2. The molecule has 0 unspecified atom stereocenters. The zero-order chi connectivity index (χ0) is 18.7. The number of aromatic nitrogens is 2. The van der Waals surface area contributed by atoms with Crippen molar-refractivity contribution in [1.29, 1.82) is 0 Å². The quantitative estimate of drug-likeness (QED) is 0.510. The van der Waals surface area contributed by atoms with Crippen LogP contribution in [0.3, 0.4) is 0 Å². The molecule has 0 radical (unpaired) electrons. The number of hydrogen-bond acceptors (Lipinski definition) is 5. The van der Waals surface area contributed by atoms with Crippen LogP contribution in [0.15, 0.2) is 46.0 Å². The van der Waals surface area contributed by atoms with Crippen molar-refractivity contribution in [3.05, 3.63) is 46.4 Å². The van der Waals surface area contributed by atoms with E-state index < -0.39 is 0 Å². The fourth-order valence-corrected chi connectivity index (χ4v) is 3.47. The van der Waals surface area contributed by atoms with Crippen LogP contribution < -0.4 is 9.47 Å². The van der Waals surface area contributed by atoms with Crippen LogP contribution in [0.25, 0.3) is 11.0 Å². The molecule has 1 heterocycles. The van der Waals surface area contributed by atoms with Crippen LogP contribution in [0, 0.1) is 0 Å². The number of carbonyl (C=O) groups is 1. The number of imidazole rings is 1. The molecular formula is C19H19BrN2O3S. The molecule has 0 bridgehead atoms. The Morgan fingerprint density at radius 2 is 1.73 bits per heavy atom. The van der Waals surface area contributed by atoms with E-state index in [1.54, 1.807) is 16.7 Å². The van der Waals surface area contributed by atoms with Gasteiger partial charge in [0.05, 0.1) is 24.2 Å². The van der Waals surface area contributed by atoms with Crippen molar-refractivity contribution in [2.24, 2.45) is 0 Å². The highest BCUT2D eigenvalue weighted by Gasteiger charge is 2.20. The van der Waals surface area contributed by atoms with Crippen LogP contribution >= 0.6 is 27.7 Å². The fourth-order valence-electron chi connectivity index (χ4n) is 2.65. The molecule has 136 valence electrons. The highest BCUT2D eigenvalue weighted by molar-refractivity contribution is 9.10. The summed E-state index contributed by atoms with van der Waals surface area (Å²) < 4.78 is 13.9. The molecular weight excluding hydrogens is 416 g/mol. The Morgan fingerprint density at radius 3 is 2.31 bits per heavy atom. The predicted octanol–water partition coefficient (Wildman–Crippen LogP) is 5.01. The van der Waals surface area contributed by atoms with E-state index in [0.29, 0.717) is 46.5 Å². The molecule has 0 atom stereocenters. The van der Waals surface area contributed by atoms with Crippen molar-refractivity contribution >= 4 is 44.6 Å². The largest absolute Gasteiger partial charge is 0.490 e. The maximum absolute atomic E-state index is 13.1. The van der Waals surface area contributed by atoms with Crippen molar-refractivity contribution < 1.29 is 14.3 Å². The molecule has 0 spiro atoms. The Hall–Kier alpha value is -1.99. The van der Waals surface area contributed by atoms with Crippen molar-refractivity contribution in [3.8, 4) is 11.5 Å². The molecule has 1 aromatic heterocycles. The number of fused-ring (bicyclic) bond motifs is 1. The molecule has 7 heteroatoms. The highest BCUT2D eigenvalue weighted by atomic mass is 79.9. The summed E-state index contributed by atoms with van der Waals surface area (Å²) in [7, 11) is 0. The Labute approximate surface area is 164 Å². The van der Waals surface area contributed by atoms with Crippen LogP contribution in [0.1, 0.15) is 24.2 Å². The van der Waals surface area contributed by atoms with Gasteiger partial charge in [0.2, 0.25) is 0 Å². The van der Waals surface area contributed by atoms with Crippen LogP contribution in [-0.4, -0.2) is 34.9 Å². The normalized spacial score (nSPS) is 10.9. The van der Waals surface area contributed by atoms with Gasteiger partial charge in [-0.15, -0.1) is 0 Å². The molecule has 0 saturated carbocycles. The summed E-state index contributed by atoms with van der Waals surface area (Å²) in [4.78, 5) is 17.7. The molecule has 0 saturated heterocycles. The third-order valence-electron chi connectivity index (χ3n) is 3.77. The van der Waals surface area contributed by atoms with Crippen molar-refractivity contribution in [2.75, 3.05) is 19.5 Å². The van der Waals surface area contributed by atoms with Gasteiger partial charge in [0.25, 0.3) is 5.91 Å². The zero-order valence-corrected chi connectivity index (χ0v) is 17.2. The lowest BCUT2D eigenvalue weighted by Crippen LogP contribution is -2.13. The molecule has 0 fully saturated rings. The first-order valence-electron chi connectivity index (χ1n) is 8.25. The predicted molar refractivity (Wildman–Crippen MR) is 108 cm³/mol. The summed E-state index contributed by atoms with van der Waals surface area (Å²) in [5.41, 5.74) is 2.00. The highest BCUT2D eigenvalue weighted by Crippen LogP contribution is 2.35. The molecule has 2 aromatic carbocycles. The van der Waals surface area contributed by atoms with Gasteiger partial charge in [-0.05, 0) is 44.4 Å². The second kappa shape index (κ2) is 8.14. The summed E-state index contributed by atoms with van der Waals surface area (Å²) >= 11 is 4.82. The first-order chi connectivity index (χ1) is 12.6. The van der Waals surface area contributed by atoms with Gasteiger partial charge in [-0.1, -0.05) is 27.7 Å². The van der Waals surface area contributed by atoms with E-state index in [0.717, 1.165) is 4.47 Å². The lowest BCUT2D eigenvalue weighted by atomic mass is 10.2. The summed E-state index contributed by atoms with van der Waals surface area (Å²) in [6, 6.07) is 10.9. The maximum atomic E-state index is 13.1. The SMILES string of the molecule is CCOc1cc2nc(SC)n(C(=O)c3ccc(Br)cc3)c2cc1OCC. The van der Waals surface area contributed by atoms with Gasteiger partial charge < -0.3 is 9.47 Å². The Bertz CT molecular complexity index is 938. The average molecular weight is 435 g/mol. The average Bonchev–Trinajstić information content (AvgIpc) is 3.00. The number of nitrogens with zero attached hydrogens (tertiary/aromatic N) is 2. The van der Waals surface area contributed by atoms with Crippen LogP contribution in [-0.2, 0) is 0 Å². The lowest BCUT2D eigenvalue weighted by Gasteiger charge is -2.12. The van der Waals surface area contributed by atoms with Gasteiger partial charge in [-0.3, -0.25) is 9.36 Å². The molecule has 3 aromatic rings. The fraction of sp³-hybridized carbons (Fsp3) is 0.263. The first kappa shape index (κ1) is 18.8. The summed E-state index contributed by atoms with van der Waals surface area (Å²) in [6.07, 6.45) is 1.90. The zero-order valence-electron chi connectivity index (χ0n) is 14.8. The topological polar surface area (TPSA) is 53.4 Å². The van der Waals surface area contributed by atoms with Crippen LogP contribution in [0.2, 0.25) is 0 Å². The minimum absolute atomic E-state index is 0.129. The molecule has 5 nitrogen and oxygen atoms in total. The number of carbonyl (C=O) groups excluding carboxylic acids is 1. The number of rotatable bonds is 6. The second-order valence-corrected chi connectivity index (χ2v) is 7.09. The van der Waals surface area contributed by atoms with Gasteiger partial charge in [0.1, 0.15) is 0 Å². The van der Waals surface area contributed by atoms with Gasteiger partial charge in [-0.25, -0.2) is 4.98 Å². The van der Waals surface area contributed by atoms with E-state index in [1.807, 2.05) is 44.4 Å². The minimum Gasteiger partial charge on any atom is -0.490 e. The molecule has 26 heavy (non-hydrogen) atoms. The molecule has 0 amide bonds. The monoisotopic (exact) mass is 434 g/mol. The third-order valence-corrected chi connectivity index (χ3v) is 4.93. The Morgan fingerprint density at radius 1 is 1.12 bits per heavy atom. The van der Waals surface area contributed by atoms with E-state index in [-0.39, 0.29) is 5.91 Å². The van der Waals surface area contributed by atoms with E-state index >= 15 is 0 Å². The summed E-state index contributed by atoms with van der Waals surface area (Å²) in [6.45, 7) is 4.87. The Kier molecular flexibility index (Phi) is 5.88. The molecule has 0 N–H and O–H groups in total. The maximum Gasteiger partial charge on any atom is 0.264 e. The molecule has 0 aliphatic carbocycles. The third kappa shape index (κ3) is 3.59. The van der Waals surface area contributed by atoms with E-state index in [2.05, 4.69) is 20.9 Å². The molecule has 0 aliphatic rings. The first-order valence-corrected chi connectivity index (χ1v) is 10.3. The standard InChI is InChI=1S/C19H19BrN2O3S/c1-4-24-16-10-14-15(11-17(16)25-5-2)22(19(21-14)26-3)18(23)12-6-8-13(20)9-7-12/h6-11H,4-5H2,1-3H3. The summed E-state index contributed by atoms with van der Waals surface area (Å²) in [5.74, 6) is 1.12. The minimum atomic E-state index is -0.129. The van der Waals surface area contributed by atoms with Crippen molar-refractivity contribution in [3.63, 3.8) is 0 Å². The molecule has 3 rings (SSSR count). The van der Waals surface area contributed by atoms with E-state index in [4.69, 9.17) is 9.47 Å². The Balaban J connectivity index is 2.18. The summed E-state index contributed by atoms with van der Waals surface area (Å²) in [5, 5.41) is 0.629. The van der Waals surface area contributed by atoms with E-state index in [9.17, 15) is 4.79 Å². The van der Waals surface area contributed by atoms with Crippen LogP contribution in [0.5, 0.6) is 11.5 Å².